The monoisotopic (exact) mass is 446 g/mol. The van der Waals surface area contributed by atoms with Gasteiger partial charge in [0.1, 0.15) is 5.60 Å². The molecule has 1 heterocycles. The summed E-state index contributed by atoms with van der Waals surface area (Å²) in [6, 6.07) is 8.44. The molecule has 1 aromatic heterocycles. The summed E-state index contributed by atoms with van der Waals surface area (Å²) in [6.07, 6.45) is 2.87. The Labute approximate surface area is 186 Å². The number of nitrogens with zero attached hydrogens (tertiary/aromatic N) is 1. The van der Waals surface area contributed by atoms with Crippen molar-refractivity contribution in [1.29, 1.82) is 0 Å². The van der Waals surface area contributed by atoms with Crippen LogP contribution in [0.15, 0.2) is 34.9 Å². The number of anilines is 1. The third-order valence-electron chi connectivity index (χ3n) is 4.30. The van der Waals surface area contributed by atoms with E-state index in [0.717, 1.165) is 19.3 Å². The fraction of sp³-hybridized carbons (Fsp3) is 0.455. The third-order valence-corrected chi connectivity index (χ3v) is 4.30. The van der Waals surface area contributed by atoms with E-state index in [1.165, 1.54) is 0 Å². The van der Waals surface area contributed by atoms with E-state index >= 15 is 0 Å². The van der Waals surface area contributed by atoms with Crippen LogP contribution in [0, 0.1) is 0 Å². The number of hydrogen-bond acceptors (Lipinski definition) is 7. The molecule has 10 heteroatoms. The number of amides is 3. The van der Waals surface area contributed by atoms with Crippen molar-refractivity contribution in [1.82, 2.24) is 16.0 Å². The van der Waals surface area contributed by atoms with Gasteiger partial charge in [-0.15, -0.1) is 0 Å². The molecule has 1 aromatic carbocycles. The molecule has 3 amide bonds. The van der Waals surface area contributed by atoms with E-state index in [2.05, 4.69) is 15.8 Å². The molecule has 0 bridgehead atoms. The van der Waals surface area contributed by atoms with E-state index in [0.29, 0.717) is 30.0 Å². The molecule has 0 aliphatic carbocycles. The standard InChI is InChI=1S/C22H30N4O6/c1-22(2,3)31-21(29)24-16-11-9-15(10-12-16)18-14-17(26-32-18)20(28)23-13-7-5-4-6-8-19(27)25-30/h9-12,14,30H,4-8,13H2,1-3H3,(H,23,28)(H,24,29)(H,25,27). The van der Waals surface area contributed by atoms with Crippen LogP contribution in [0.2, 0.25) is 0 Å². The van der Waals surface area contributed by atoms with Crippen molar-refractivity contribution in [2.24, 2.45) is 0 Å². The zero-order chi connectivity index (χ0) is 23.6. The zero-order valence-electron chi connectivity index (χ0n) is 18.6. The highest BCUT2D eigenvalue weighted by atomic mass is 16.6. The molecule has 0 atom stereocenters. The van der Waals surface area contributed by atoms with Crippen molar-refractivity contribution in [3.8, 4) is 11.3 Å². The molecule has 4 N–H and O–H groups in total. The van der Waals surface area contributed by atoms with Crippen LogP contribution in [-0.4, -0.2) is 40.4 Å². The van der Waals surface area contributed by atoms with Crippen LogP contribution in [0.1, 0.15) is 63.4 Å². The molecule has 32 heavy (non-hydrogen) atoms. The van der Waals surface area contributed by atoms with Crippen molar-refractivity contribution < 1.29 is 28.9 Å². The number of aromatic nitrogens is 1. The van der Waals surface area contributed by atoms with Gasteiger partial charge in [-0.05, 0) is 57.9 Å². The maximum absolute atomic E-state index is 12.2. The summed E-state index contributed by atoms with van der Waals surface area (Å²) in [5, 5.41) is 17.7. The first-order valence-corrected chi connectivity index (χ1v) is 10.5. The van der Waals surface area contributed by atoms with Crippen LogP contribution in [0.25, 0.3) is 11.3 Å². The lowest BCUT2D eigenvalue weighted by molar-refractivity contribution is -0.129. The summed E-state index contributed by atoms with van der Waals surface area (Å²) in [7, 11) is 0. The Morgan fingerprint density at radius 1 is 1.06 bits per heavy atom. The minimum atomic E-state index is -0.584. The number of ether oxygens (including phenoxy) is 1. The highest BCUT2D eigenvalue weighted by molar-refractivity contribution is 5.93. The number of benzene rings is 1. The van der Waals surface area contributed by atoms with Crippen LogP contribution < -0.4 is 16.1 Å². The normalized spacial score (nSPS) is 11.0. The predicted molar refractivity (Wildman–Crippen MR) is 117 cm³/mol. The maximum atomic E-state index is 12.2. The van der Waals surface area contributed by atoms with Gasteiger partial charge < -0.3 is 14.6 Å². The molecule has 0 aliphatic rings. The van der Waals surface area contributed by atoms with E-state index in [-0.39, 0.29) is 18.0 Å². The summed E-state index contributed by atoms with van der Waals surface area (Å²) in [5.41, 5.74) is 2.46. The average Bonchev–Trinajstić information content (AvgIpc) is 3.22. The topological polar surface area (TPSA) is 143 Å². The first-order chi connectivity index (χ1) is 15.2. The summed E-state index contributed by atoms with van der Waals surface area (Å²) in [5.74, 6) is -0.293. The third kappa shape index (κ3) is 8.76. The van der Waals surface area contributed by atoms with Gasteiger partial charge in [0, 0.05) is 30.3 Å². The Morgan fingerprint density at radius 3 is 2.41 bits per heavy atom. The number of unbranched alkanes of at least 4 members (excludes halogenated alkanes) is 3. The van der Waals surface area contributed by atoms with Crippen molar-refractivity contribution in [2.45, 2.75) is 58.5 Å². The molecule has 0 saturated carbocycles. The number of carbonyl (C=O) groups excluding carboxylic acids is 3. The lowest BCUT2D eigenvalue weighted by Gasteiger charge is -2.19. The van der Waals surface area contributed by atoms with Crippen LogP contribution >= 0.6 is 0 Å². The van der Waals surface area contributed by atoms with Gasteiger partial charge >= 0.3 is 6.09 Å². The Kier molecular flexibility index (Phi) is 9.21. The molecule has 174 valence electrons. The number of rotatable bonds is 10. The maximum Gasteiger partial charge on any atom is 0.412 e. The van der Waals surface area contributed by atoms with Gasteiger partial charge in [-0.2, -0.15) is 0 Å². The van der Waals surface area contributed by atoms with Gasteiger partial charge in [0.15, 0.2) is 11.5 Å². The molecular formula is C22H30N4O6. The van der Waals surface area contributed by atoms with Crippen molar-refractivity contribution in [2.75, 3.05) is 11.9 Å². The second-order valence-electron chi connectivity index (χ2n) is 8.24. The van der Waals surface area contributed by atoms with E-state index in [9.17, 15) is 14.4 Å². The fourth-order valence-electron chi connectivity index (χ4n) is 2.77. The molecular weight excluding hydrogens is 416 g/mol. The number of hydrogen-bond donors (Lipinski definition) is 4. The quantitative estimate of drug-likeness (QED) is 0.246. The minimum Gasteiger partial charge on any atom is -0.444 e. The SMILES string of the molecule is CC(C)(C)OC(=O)Nc1ccc(-c2cc(C(=O)NCCCCCCC(=O)NO)no2)cc1. The van der Waals surface area contributed by atoms with Gasteiger partial charge in [-0.1, -0.05) is 18.0 Å². The van der Waals surface area contributed by atoms with E-state index in [1.54, 1.807) is 56.6 Å². The van der Waals surface area contributed by atoms with Crippen molar-refractivity contribution >= 4 is 23.6 Å². The largest absolute Gasteiger partial charge is 0.444 e. The van der Waals surface area contributed by atoms with Crippen molar-refractivity contribution in [3.63, 3.8) is 0 Å². The highest BCUT2D eigenvalue weighted by Crippen LogP contribution is 2.23. The summed E-state index contributed by atoms with van der Waals surface area (Å²) < 4.78 is 10.5. The van der Waals surface area contributed by atoms with E-state index in [1.807, 2.05) is 0 Å². The van der Waals surface area contributed by atoms with Crippen LogP contribution in [0.3, 0.4) is 0 Å². The van der Waals surface area contributed by atoms with Gasteiger partial charge in [-0.3, -0.25) is 20.1 Å². The molecule has 0 unspecified atom stereocenters. The zero-order valence-corrected chi connectivity index (χ0v) is 18.6. The van der Waals surface area contributed by atoms with E-state index in [4.69, 9.17) is 14.5 Å². The summed E-state index contributed by atoms with van der Waals surface area (Å²) in [6.45, 7) is 5.85. The number of nitrogens with one attached hydrogen (secondary N) is 3. The summed E-state index contributed by atoms with van der Waals surface area (Å²) >= 11 is 0. The second kappa shape index (κ2) is 11.8. The molecule has 0 saturated heterocycles. The smallest absolute Gasteiger partial charge is 0.412 e. The number of hydroxylamine groups is 1. The number of carbonyl (C=O) groups is 3. The molecule has 0 aliphatic heterocycles. The van der Waals surface area contributed by atoms with Crippen molar-refractivity contribution in [3.05, 3.63) is 36.0 Å². The second-order valence-corrected chi connectivity index (χ2v) is 8.24. The van der Waals surface area contributed by atoms with Crippen LogP contribution in [-0.2, 0) is 9.53 Å². The minimum absolute atomic E-state index is 0.176. The first kappa shape index (κ1) is 24.9. The lowest BCUT2D eigenvalue weighted by Crippen LogP contribution is -2.27. The Balaban J connectivity index is 1.77. The van der Waals surface area contributed by atoms with Gasteiger partial charge in [0.25, 0.3) is 5.91 Å². The molecule has 2 aromatic rings. The van der Waals surface area contributed by atoms with Crippen LogP contribution in [0.4, 0.5) is 10.5 Å². The van der Waals surface area contributed by atoms with Gasteiger partial charge in [0.2, 0.25) is 5.91 Å². The van der Waals surface area contributed by atoms with Crippen LogP contribution in [0.5, 0.6) is 0 Å². The molecule has 0 radical (unpaired) electrons. The van der Waals surface area contributed by atoms with Gasteiger partial charge in [0.05, 0.1) is 0 Å². The molecule has 0 spiro atoms. The average molecular weight is 447 g/mol. The fourth-order valence-corrected chi connectivity index (χ4v) is 2.77. The lowest BCUT2D eigenvalue weighted by atomic mass is 10.1. The van der Waals surface area contributed by atoms with Gasteiger partial charge in [-0.25, -0.2) is 10.3 Å². The Morgan fingerprint density at radius 2 is 1.75 bits per heavy atom. The highest BCUT2D eigenvalue weighted by Gasteiger charge is 2.17. The predicted octanol–water partition coefficient (Wildman–Crippen LogP) is 3.87. The molecule has 10 nitrogen and oxygen atoms in total. The summed E-state index contributed by atoms with van der Waals surface area (Å²) in [4.78, 5) is 34.9. The Hall–Kier alpha value is -3.40. The molecule has 2 rings (SSSR count). The van der Waals surface area contributed by atoms with E-state index < -0.39 is 17.6 Å². The molecule has 0 fully saturated rings. The first-order valence-electron chi connectivity index (χ1n) is 10.5. The Bertz CT molecular complexity index is 902.